The van der Waals surface area contributed by atoms with Crippen LogP contribution in [-0.2, 0) is 6.61 Å². The molecule has 0 aliphatic rings. The molecule has 2 aromatic carbocycles. The molecule has 0 fully saturated rings. The molecule has 25 heavy (non-hydrogen) atoms. The van der Waals surface area contributed by atoms with E-state index in [4.69, 9.17) is 4.74 Å². The maximum Gasteiger partial charge on any atom is 0.230 e. The van der Waals surface area contributed by atoms with Gasteiger partial charge in [-0.15, -0.1) is 0 Å². The van der Waals surface area contributed by atoms with Crippen LogP contribution in [0.5, 0.6) is 5.88 Å². The first-order valence-corrected chi connectivity index (χ1v) is 7.76. The number of nitrogens with zero attached hydrogens (tertiary/aromatic N) is 2. The van der Waals surface area contributed by atoms with Crippen molar-refractivity contribution in [1.29, 1.82) is 0 Å². The van der Waals surface area contributed by atoms with Crippen LogP contribution in [0.3, 0.4) is 0 Å². The van der Waals surface area contributed by atoms with Gasteiger partial charge in [0.05, 0.1) is 0 Å². The monoisotopic (exact) mass is 341 g/mol. The van der Waals surface area contributed by atoms with Crippen LogP contribution in [0.2, 0.25) is 0 Å². The zero-order chi connectivity index (χ0) is 17.8. The molecule has 0 saturated heterocycles. The van der Waals surface area contributed by atoms with Gasteiger partial charge >= 0.3 is 0 Å². The number of ether oxygens (including phenoxy) is 1. The van der Waals surface area contributed by atoms with E-state index >= 15 is 0 Å². The van der Waals surface area contributed by atoms with Crippen LogP contribution >= 0.6 is 0 Å². The van der Waals surface area contributed by atoms with Crippen molar-refractivity contribution in [2.45, 2.75) is 20.5 Å². The van der Waals surface area contributed by atoms with Gasteiger partial charge in [0.25, 0.3) is 0 Å². The molecule has 0 aliphatic carbocycles. The third-order valence-corrected chi connectivity index (χ3v) is 3.52. The molecule has 0 spiro atoms. The first kappa shape index (κ1) is 16.8. The molecule has 0 atom stereocenters. The van der Waals surface area contributed by atoms with Crippen LogP contribution in [0.15, 0.2) is 48.5 Å². The lowest BCUT2D eigenvalue weighted by atomic mass is 10.2. The molecule has 4 nitrogen and oxygen atoms in total. The molecular weight excluding hydrogens is 324 g/mol. The van der Waals surface area contributed by atoms with Gasteiger partial charge in [-0.3, -0.25) is 0 Å². The second-order valence-electron chi connectivity index (χ2n) is 5.68. The van der Waals surface area contributed by atoms with E-state index in [1.54, 1.807) is 37.3 Å². The molecule has 128 valence electrons. The fourth-order valence-electron chi connectivity index (χ4n) is 2.31. The summed E-state index contributed by atoms with van der Waals surface area (Å²) in [6, 6.07) is 12.6. The molecule has 1 heterocycles. The van der Waals surface area contributed by atoms with E-state index in [0.29, 0.717) is 34.3 Å². The predicted octanol–water partition coefficient (Wildman–Crippen LogP) is 4.69. The van der Waals surface area contributed by atoms with Crippen molar-refractivity contribution in [1.82, 2.24) is 9.97 Å². The van der Waals surface area contributed by atoms with Crippen molar-refractivity contribution in [2.75, 3.05) is 5.32 Å². The molecule has 1 N–H and O–H groups in total. The number of hydrogen-bond acceptors (Lipinski definition) is 4. The molecule has 3 aromatic rings. The Hall–Kier alpha value is -3.02. The SMILES string of the molecule is Cc1cc(OCc2cccc(F)c2)nc(Nc2ccc(F)c(C)c2)n1. The van der Waals surface area contributed by atoms with Gasteiger partial charge in [-0.05, 0) is 55.3 Å². The standard InChI is InChI=1S/C19H17F2N3O/c1-12-8-16(6-7-17(12)21)23-19-22-13(2)9-18(24-19)25-11-14-4-3-5-15(20)10-14/h3-10H,11H2,1-2H3,(H,22,23,24). The summed E-state index contributed by atoms with van der Waals surface area (Å²) >= 11 is 0. The lowest BCUT2D eigenvalue weighted by Gasteiger charge is -2.10. The fourth-order valence-corrected chi connectivity index (χ4v) is 2.31. The summed E-state index contributed by atoms with van der Waals surface area (Å²) in [5, 5.41) is 3.03. The lowest BCUT2D eigenvalue weighted by molar-refractivity contribution is 0.293. The van der Waals surface area contributed by atoms with Crippen molar-refractivity contribution < 1.29 is 13.5 Å². The van der Waals surface area contributed by atoms with Crippen LogP contribution < -0.4 is 10.1 Å². The predicted molar refractivity (Wildman–Crippen MR) is 91.9 cm³/mol. The maximum absolute atomic E-state index is 13.3. The molecular formula is C19H17F2N3O. The fraction of sp³-hybridized carbons (Fsp3) is 0.158. The summed E-state index contributed by atoms with van der Waals surface area (Å²) in [6.45, 7) is 3.70. The smallest absolute Gasteiger partial charge is 0.230 e. The van der Waals surface area contributed by atoms with Gasteiger partial charge in [0.15, 0.2) is 0 Å². The highest BCUT2D eigenvalue weighted by Gasteiger charge is 2.06. The molecule has 0 unspecified atom stereocenters. The molecule has 0 saturated carbocycles. The third kappa shape index (κ3) is 4.50. The first-order chi connectivity index (χ1) is 12.0. The van der Waals surface area contributed by atoms with Crippen LogP contribution in [0.25, 0.3) is 0 Å². The summed E-state index contributed by atoms with van der Waals surface area (Å²) in [5.74, 6) is 0.141. The van der Waals surface area contributed by atoms with E-state index < -0.39 is 0 Å². The summed E-state index contributed by atoms with van der Waals surface area (Å²) in [7, 11) is 0. The topological polar surface area (TPSA) is 47.0 Å². The third-order valence-electron chi connectivity index (χ3n) is 3.52. The van der Waals surface area contributed by atoms with Crippen molar-refractivity contribution in [3.63, 3.8) is 0 Å². The number of aryl methyl sites for hydroxylation is 2. The van der Waals surface area contributed by atoms with E-state index in [0.717, 1.165) is 0 Å². The zero-order valence-electron chi connectivity index (χ0n) is 13.9. The molecule has 1 aromatic heterocycles. The van der Waals surface area contributed by atoms with Crippen molar-refractivity contribution in [2.24, 2.45) is 0 Å². The average molecular weight is 341 g/mol. The van der Waals surface area contributed by atoms with Gasteiger partial charge in [-0.25, -0.2) is 13.8 Å². The minimum atomic E-state index is -0.311. The van der Waals surface area contributed by atoms with E-state index in [2.05, 4.69) is 15.3 Å². The Morgan fingerprint density at radius 2 is 1.84 bits per heavy atom. The Labute approximate surface area is 144 Å². The number of benzene rings is 2. The van der Waals surface area contributed by atoms with Gasteiger partial charge in [0.2, 0.25) is 11.8 Å². The van der Waals surface area contributed by atoms with Gasteiger partial charge < -0.3 is 10.1 Å². The molecule has 0 bridgehead atoms. The van der Waals surface area contributed by atoms with E-state index in [-0.39, 0.29) is 18.2 Å². The number of hydrogen-bond donors (Lipinski definition) is 1. The van der Waals surface area contributed by atoms with Crippen LogP contribution in [-0.4, -0.2) is 9.97 Å². The Bertz CT molecular complexity index is 900. The summed E-state index contributed by atoms with van der Waals surface area (Å²) in [6.07, 6.45) is 0. The van der Waals surface area contributed by atoms with Crippen LogP contribution in [0.1, 0.15) is 16.8 Å². The molecule has 3 rings (SSSR count). The van der Waals surface area contributed by atoms with E-state index in [9.17, 15) is 8.78 Å². The minimum Gasteiger partial charge on any atom is -0.473 e. The maximum atomic E-state index is 13.3. The number of anilines is 2. The van der Waals surface area contributed by atoms with Crippen LogP contribution in [0.4, 0.5) is 20.4 Å². The quantitative estimate of drug-likeness (QED) is 0.731. The first-order valence-electron chi connectivity index (χ1n) is 7.76. The highest BCUT2D eigenvalue weighted by Crippen LogP contribution is 2.20. The largest absolute Gasteiger partial charge is 0.473 e. The molecule has 6 heteroatoms. The Kier molecular flexibility index (Phi) is 4.88. The van der Waals surface area contributed by atoms with Gasteiger partial charge in [-0.2, -0.15) is 4.98 Å². The van der Waals surface area contributed by atoms with Gasteiger partial charge in [0.1, 0.15) is 18.2 Å². The van der Waals surface area contributed by atoms with Gasteiger partial charge in [-0.1, -0.05) is 12.1 Å². The highest BCUT2D eigenvalue weighted by molar-refractivity contribution is 5.55. The zero-order valence-corrected chi connectivity index (χ0v) is 13.9. The van der Waals surface area contributed by atoms with Crippen molar-refractivity contribution in [3.8, 4) is 5.88 Å². The summed E-state index contributed by atoms with van der Waals surface area (Å²) in [5.41, 5.74) is 2.63. The Morgan fingerprint density at radius 3 is 2.60 bits per heavy atom. The lowest BCUT2D eigenvalue weighted by Crippen LogP contribution is -2.03. The van der Waals surface area contributed by atoms with Gasteiger partial charge in [0, 0.05) is 17.4 Å². The number of aromatic nitrogens is 2. The van der Waals surface area contributed by atoms with Crippen molar-refractivity contribution >= 4 is 11.6 Å². The number of rotatable bonds is 5. The normalized spacial score (nSPS) is 10.6. The van der Waals surface area contributed by atoms with E-state index in [1.165, 1.54) is 18.2 Å². The molecule has 0 radical (unpaired) electrons. The Morgan fingerprint density at radius 1 is 1.00 bits per heavy atom. The van der Waals surface area contributed by atoms with E-state index in [1.807, 2.05) is 6.92 Å². The highest BCUT2D eigenvalue weighted by atomic mass is 19.1. The second-order valence-corrected chi connectivity index (χ2v) is 5.68. The number of nitrogens with one attached hydrogen (secondary N) is 1. The number of halogens is 2. The summed E-state index contributed by atoms with van der Waals surface area (Å²) in [4.78, 5) is 8.58. The van der Waals surface area contributed by atoms with Crippen LogP contribution in [0, 0.1) is 25.5 Å². The minimum absolute atomic E-state index is 0.198. The molecule has 0 amide bonds. The average Bonchev–Trinajstić information content (AvgIpc) is 2.56. The Balaban J connectivity index is 1.74. The summed E-state index contributed by atoms with van der Waals surface area (Å²) < 4.78 is 32.2. The van der Waals surface area contributed by atoms with Crippen molar-refractivity contribution in [3.05, 3.63) is 77.0 Å². The molecule has 0 aliphatic heterocycles. The second kappa shape index (κ2) is 7.25.